The van der Waals surface area contributed by atoms with Gasteiger partial charge in [0.1, 0.15) is 0 Å². The van der Waals surface area contributed by atoms with E-state index in [1.165, 1.54) is 12.1 Å². The van der Waals surface area contributed by atoms with E-state index in [1.54, 1.807) is 12.1 Å². The van der Waals surface area contributed by atoms with E-state index in [9.17, 15) is 16.8 Å². The van der Waals surface area contributed by atoms with Gasteiger partial charge in [0.25, 0.3) is 0 Å². The third kappa shape index (κ3) is 3.73. The summed E-state index contributed by atoms with van der Waals surface area (Å²) < 4.78 is 62.8. The maximum absolute atomic E-state index is 11.2. The van der Waals surface area contributed by atoms with Gasteiger partial charge in [0.05, 0.1) is 0 Å². The minimum Gasteiger partial charge on any atom is -0.282 e. The molecule has 0 aliphatic heterocycles. The molecule has 0 spiro atoms. The Kier molecular flexibility index (Phi) is 4.85. The van der Waals surface area contributed by atoms with Gasteiger partial charge in [-0.05, 0) is 12.0 Å². The monoisotopic (exact) mass is 312 g/mol. The number of hydrogen-bond donors (Lipinski definition) is 2. The number of aryl methyl sites for hydroxylation is 1. The average molecular weight is 312 g/mol. The van der Waals surface area contributed by atoms with Gasteiger partial charge in [-0.25, -0.2) is 0 Å². The second kappa shape index (κ2) is 5.63. The van der Waals surface area contributed by atoms with Crippen molar-refractivity contribution in [2.75, 3.05) is 0 Å². The molecular formula is C9H13O6PS2. The first kappa shape index (κ1) is 15.5. The molecule has 0 fully saturated rings. The predicted molar refractivity (Wildman–Crippen MR) is 70.1 cm³/mol. The summed E-state index contributed by atoms with van der Waals surface area (Å²) in [5, 5.41) is -0.0562. The molecule has 0 atom stereocenters. The number of rotatable bonds is 5. The molecule has 0 aromatic heterocycles. The Morgan fingerprint density at radius 1 is 1.06 bits per heavy atom. The third-order valence-corrected chi connectivity index (χ3v) is 10.9. The van der Waals surface area contributed by atoms with E-state index in [4.69, 9.17) is 9.11 Å². The van der Waals surface area contributed by atoms with Crippen molar-refractivity contribution in [2.24, 2.45) is 0 Å². The van der Waals surface area contributed by atoms with Crippen LogP contribution in [0.4, 0.5) is 0 Å². The fraction of sp³-hybridized carbons (Fsp3) is 0.333. The van der Waals surface area contributed by atoms with Gasteiger partial charge in [-0.15, -0.1) is 0 Å². The SMILES string of the molecule is CCCc1ccccc1P(S(=O)(=O)O)S(=O)(=O)O. The highest BCUT2D eigenvalue weighted by Crippen LogP contribution is 2.47. The molecule has 0 amide bonds. The molecule has 1 aromatic rings. The van der Waals surface area contributed by atoms with Gasteiger partial charge in [-0.1, -0.05) is 37.6 Å². The molecule has 18 heavy (non-hydrogen) atoms. The Morgan fingerprint density at radius 3 is 2.00 bits per heavy atom. The van der Waals surface area contributed by atoms with Gasteiger partial charge in [0.2, 0.25) is 6.33 Å². The standard InChI is InChI=1S/C9H13O6PS2/c1-2-5-8-6-3-4-7-9(8)16(17(10,11)12)18(13,14)15/h3-4,6-7H,2,5H2,1H3,(H,10,11,12)(H,13,14,15). The molecule has 0 aliphatic rings. The molecule has 0 radical (unpaired) electrons. The lowest BCUT2D eigenvalue weighted by Crippen LogP contribution is -2.18. The van der Waals surface area contributed by atoms with Crippen LogP contribution in [0.3, 0.4) is 0 Å². The van der Waals surface area contributed by atoms with Crippen molar-refractivity contribution in [3.8, 4) is 0 Å². The van der Waals surface area contributed by atoms with Crippen LogP contribution < -0.4 is 5.30 Å². The van der Waals surface area contributed by atoms with Crippen molar-refractivity contribution < 1.29 is 25.9 Å². The fourth-order valence-electron chi connectivity index (χ4n) is 1.54. The van der Waals surface area contributed by atoms with E-state index in [2.05, 4.69) is 0 Å². The molecule has 2 N–H and O–H groups in total. The largest absolute Gasteiger partial charge is 0.302 e. The smallest absolute Gasteiger partial charge is 0.282 e. The highest BCUT2D eigenvalue weighted by Gasteiger charge is 2.39. The van der Waals surface area contributed by atoms with Crippen LogP contribution >= 0.6 is 6.33 Å². The average Bonchev–Trinajstić information content (AvgIpc) is 2.17. The summed E-state index contributed by atoms with van der Waals surface area (Å²) in [6.45, 7) is 1.85. The second-order valence-corrected chi connectivity index (χ2v) is 12.0. The third-order valence-electron chi connectivity index (χ3n) is 2.13. The normalized spacial score (nSPS) is 12.9. The zero-order chi connectivity index (χ0) is 14.0. The van der Waals surface area contributed by atoms with Gasteiger partial charge in [-0.2, -0.15) is 16.8 Å². The summed E-state index contributed by atoms with van der Waals surface area (Å²) in [4.78, 5) is 0. The molecular weight excluding hydrogens is 299 g/mol. The summed E-state index contributed by atoms with van der Waals surface area (Å²) in [6.07, 6.45) is -1.98. The molecule has 6 nitrogen and oxygen atoms in total. The lowest BCUT2D eigenvalue weighted by Gasteiger charge is -2.14. The fourth-order valence-corrected chi connectivity index (χ4v) is 8.32. The zero-order valence-corrected chi connectivity index (χ0v) is 12.0. The number of hydrogen-bond acceptors (Lipinski definition) is 4. The second-order valence-electron chi connectivity index (χ2n) is 3.53. The van der Waals surface area contributed by atoms with E-state index < -0.39 is 25.8 Å². The molecule has 102 valence electrons. The van der Waals surface area contributed by atoms with Gasteiger partial charge < -0.3 is 0 Å². The van der Waals surface area contributed by atoms with Gasteiger partial charge in [-0.3, -0.25) is 9.11 Å². The van der Waals surface area contributed by atoms with Crippen molar-refractivity contribution in [2.45, 2.75) is 19.8 Å². The van der Waals surface area contributed by atoms with Gasteiger partial charge >= 0.3 is 19.5 Å². The Balaban J connectivity index is 3.50. The van der Waals surface area contributed by atoms with Crippen LogP contribution in [0.1, 0.15) is 18.9 Å². The molecule has 1 aromatic carbocycles. The summed E-state index contributed by atoms with van der Waals surface area (Å²) in [5.74, 6) is 0. The maximum Gasteiger partial charge on any atom is 0.302 e. The van der Waals surface area contributed by atoms with Crippen molar-refractivity contribution >= 4 is 31.1 Å². The summed E-state index contributed by atoms with van der Waals surface area (Å²) in [5.41, 5.74) is 0.487. The summed E-state index contributed by atoms with van der Waals surface area (Å²) in [7, 11) is -9.78. The summed E-state index contributed by atoms with van der Waals surface area (Å²) >= 11 is 0. The molecule has 9 heteroatoms. The zero-order valence-electron chi connectivity index (χ0n) is 9.51. The molecule has 1 rings (SSSR count). The lowest BCUT2D eigenvalue weighted by molar-refractivity contribution is 0.497. The van der Waals surface area contributed by atoms with E-state index in [0.717, 1.165) is 0 Å². The molecule has 0 heterocycles. The van der Waals surface area contributed by atoms with Gasteiger partial charge in [0, 0.05) is 5.30 Å². The van der Waals surface area contributed by atoms with Crippen LogP contribution in [0.5, 0.6) is 0 Å². The quantitative estimate of drug-likeness (QED) is 0.627. The molecule has 0 unspecified atom stereocenters. The van der Waals surface area contributed by atoms with Crippen LogP contribution in [0.2, 0.25) is 0 Å². The van der Waals surface area contributed by atoms with Crippen LogP contribution in [0.25, 0.3) is 0 Å². The Morgan fingerprint density at radius 2 is 1.56 bits per heavy atom. The first-order valence-corrected chi connectivity index (χ1v) is 10.4. The predicted octanol–water partition coefficient (Wildman–Crippen LogP) is 1.35. The van der Waals surface area contributed by atoms with E-state index in [-0.39, 0.29) is 5.30 Å². The highest BCUT2D eigenvalue weighted by atomic mass is 33.1. The van der Waals surface area contributed by atoms with Crippen LogP contribution in [-0.2, 0) is 25.9 Å². The molecule has 0 bridgehead atoms. The Bertz CT molecular complexity index is 590. The van der Waals surface area contributed by atoms with Crippen LogP contribution in [0.15, 0.2) is 24.3 Å². The van der Waals surface area contributed by atoms with Crippen molar-refractivity contribution in [3.63, 3.8) is 0 Å². The molecule has 0 saturated heterocycles. The van der Waals surface area contributed by atoms with Crippen molar-refractivity contribution in [1.82, 2.24) is 0 Å². The molecule has 0 aliphatic carbocycles. The minimum absolute atomic E-state index is 0.0562. The van der Waals surface area contributed by atoms with Crippen LogP contribution in [-0.4, -0.2) is 25.9 Å². The van der Waals surface area contributed by atoms with Crippen molar-refractivity contribution in [3.05, 3.63) is 29.8 Å². The Labute approximate surface area is 107 Å². The van der Waals surface area contributed by atoms with E-state index >= 15 is 0 Å². The van der Waals surface area contributed by atoms with E-state index in [0.29, 0.717) is 18.4 Å². The highest BCUT2D eigenvalue weighted by molar-refractivity contribution is 8.81. The van der Waals surface area contributed by atoms with E-state index in [1.807, 2.05) is 6.92 Å². The van der Waals surface area contributed by atoms with Gasteiger partial charge in [0.15, 0.2) is 0 Å². The maximum atomic E-state index is 11.2. The molecule has 0 saturated carbocycles. The first-order chi connectivity index (χ1) is 8.18. The van der Waals surface area contributed by atoms with Crippen LogP contribution in [0, 0.1) is 0 Å². The first-order valence-electron chi connectivity index (χ1n) is 5.01. The topological polar surface area (TPSA) is 109 Å². The summed E-state index contributed by atoms with van der Waals surface area (Å²) in [6, 6.07) is 5.96. The minimum atomic E-state index is -4.89. The lowest BCUT2D eigenvalue weighted by atomic mass is 10.1. The van der Waals surface area contributed by atoms with Crippen molar-refractivity contribution in [1.29, 1.82) is 0 Å². The number of benzene rings is 1. The Hall–Kier alpha value is -0.530.